The normalized spacial score (nSPS) is 11.4. The van der Waals surface area contributed by atoms with E-state index in [4.69, 9.17) is 9.40 Å². The van der Waals surface area contributed by atoms with E-state index < -0.39 is 0 Å². The molecule has 4 aromatic rings. The second-order valence-corrected chi connectivity index (χ2v) is 6.47. The van der Waals surface area contributed by atoms with Gasteiger partial charge in [0.25, 0.3) is 0 Å². The zero-order chi connectivity index (χ0) is 18.1. The fourth-order valence-corrected chi connectivity index (χ4v) is 2.83. The van der Waals surface area contributed by atoms with Crippen molar-refractivity contribution >= 4 is 16.9 Å². The molecule has 7 heteroatoms. The first-order valence-electron chi connectivity index (χ1n) is 8.53. The van der Waals surface area contributed by atoms with Crippen molar-refractivity contribution in [2.24, 2.45) is 7.05 Å². The summed E-state index contributed by atoms with van der Waals surface area (Å²) in [6.45, 7) is 4.80. The minimum absolute atomic E-state index is 0.194. The Balaban J connectivity index is 1.69. The van der Waals surface area contributed by atoms with Gasteiger partial charge in [0.05, 0.1) is 12.7 Å². The Morgan fingerprint density at radius 3 is 2.81 bits per heavy atom. The van der Waals surface area contributed by atoms with Gasteiger partial charge in [-0.25, -0.2) is 9.97 Å². The van der Waals surface area contributed by atoms with Crippen LogP contribution in [0.5, 0.6) is 0 Å². The van der Waals surface area contributed by atoms with Gasteiger partial charge in [0, 0.05) is 30.9 Å². The van der Waals surface area contributed by atoms with Crippen molar-refractivity contribution in [3.8, 4) is 11.5 Å². The van der Waals surface area contributed by atoms with Gasteiger partial charge in [0.2, 0.25) is 5.95 Å². The van der Waals surface area contributed by atoms with Gasteiger partial charge >= 0.3 is 0 Å². The van der Waals surface area contributed by atoms with E-state index in [1.807, 2.05) is 48.1 Å². The first kappa shape index (κ1) is 16.3. The Morgan fingerprint density at radius 2 is 2.08 bits per heavy atom. The number of anilines is 1. The maximum atomic E-state index is 5.91. The van der Waals surface area contributed by atoms with Gasteiger partial charge in [-0.1, -0.05) is 18.2 Å². The minimum atomic E-state index is 0.194. The molecule has 4 rings (SSSR count). The predicted molar refractivity (Wildman–Crippen MR) is 99.6 cm³/mol. The number of aromatic nitrogens is 5. The van der Waals surface area contributed by atoms with Gasteiger partial charge in [0.1, 0.15) is 17.1 Å². The van der Waals surface area contributed by atoms with Crippen molar-refractivity contribution in [3.63, 3.8) is 0 Å². The molecule has 0 fully saturated rings. The summed E-state index contributed by atoms with van der Waals surface area (Å²) in [4.78, 5) is 11.2. The summed E-state index contributed by atoms with van der Waals surface area (Å²) in [5, 5.41) is 9.42. The van der Waals surface area contributed by atoms with Crippen LogP contribution in [0.1, 0.15) is 19.7 Å². The molecule has 0 spiro atoms. The number of benzene rings is 1. The van der Waals surface area contributed by atoms with Crippen LogP contribution in [0.4, 0.5) is 5.95 Å². The maximum Gasteiger partial charge on any atom is 0.246 e. The second-order valence-electron chi connectivity index (χ2n) is 6.47. The van der Waals surface area contributed by atoms with E-state index in [9.17, 15) is 0 Å². The number of hydrogen-bond acceptors (Lipinski definition) is 6. The van der Waals surface area contributed by atoms with E-state index in [-0.39, 0.29) is 6.04 Å². The summed E-state index contributed by atoms with van der Waals surface area (Å²) >= 11 is 0. The van der Waals surface area contributed by atoms with Crippen molar-refractivity contribution in [1.82, 2.24) is 24.7 Å². The summed E-state index contributed by atoms with van der Waals surface area (Å²) in [5.41, 5.74) is 1.49. The molecule has 7 nitrogen and oxygen atoms in total. The highest BCUT2D eigenvalue weighted by Gasteiger charge is 2.18. The van der Waals surface area contributed by atoms with Crippen LogP contribution in [0, 0.1) is 0 Å². The van der Waals surface area contributed by atoms with Gasteiger partial charge in [0.15, 0.2) is 5.76 Å². The van der Waals surface area contributed by atoms with E-state index in [1.165, 1.54) is 0 Å². The average molecular weight is 348 g/mol. The summed E-state index contributed by atoms with van der Waals surface area (Å²) in [7, 11) is 1.98. The number of hydrogen-bond donors (Lipinski definition) is 0. The Bertz CT molecular complexity index is 1000. The lowest BCUT2D eigenvalue weighted by Crippen LogP contribution is -2.33. The minimum Gasteiger partial charge on any atom is -0.454 e. The molecule has 0 bridgehead atoms. The van der Waals surface area contributed by atoms with Crippen molar-refractivity contribution in [2.75, 3.05) is 4.90 Å². The molecule has 132 valence electrons. The van der Waals surface area contributed by atoms with Gasteiger partial charge < -0.3 is 13.9 Å². The SMILES string of the molecule is CC(C)N(Cc1nccn1C)c1nncc(-c2cc3ccccc3o2)n1. The quantitative estimate of drug-likeness (QED) is 0.550. The van der Waals surface area contributed by atoms with Crippen LogP contribution < -0.4 is 4.90 Å². The largest absolute Gasteiger partial charge is 0.454 e. The Hall–Kier alpha value is -3.22. The third-order valence-electron chi connectivity index (χ3n) is 4.34. The molecular weight excluding hydrogens is 328 g/mol. The number of para-hydroxylation sites is 1. The number of nitrogens with zero attached hydrogens (tertiary/aromatic N) is 6. The van der Waals surface area contributed by atoms with Gasteiger partial charge in [-0.2, -0.15) is 5.10 Å². The number of rotatable bonds is 5. The molecule has 1 aromatic carbocycles. The molecular formula is C19H20N6O. The molecule has 0 radical (unpaired) electrons. The van der Waals surface area contributed by atoms with Gasteiger partial charge in [-0.3, -0.25) is 0 Å². The molecule has 0 aliphatic rings. The Labute approximate surface area is 151 Å². The van der Waals surface area contributed by atoms with Crippen molar-refractivity contribution in [3.05, 3.63) is 54.7 Å². The van der Waals surface area contributed by atoms with E-state index in [1.54, 1.807) is 12.4 Å². The number of furan rings is 1. The Kier molecular flexibility index (Phi) is 4.12. The molecule has 0 atom stereocenters. The molecule has 0 saturated heterocycles. The summed E-state index contributed by atoms with van der Waals surface area (Å²) in [6.07, 6.45) is 5.34. The molecule has 0 unspecified atom stereocenters. The zero-order valence-corrected chi connectivity index (χ0v) is 15.0. The lowest BCUT2D eigenvalue weighted by molar-refractivity contribution is 0.612. The molecule has 3 aromatic heterocycles. The molecule has 0 saturated carbocycles. The van der Waals surface area contributed by atoms with Crippen LogP contribution >= 0.6 is 0 Å². The summed E-state index contributed by atoms with van der Waals surface area (Å²) in [5.74, 6) is 2.18. The molecule has 0 amide bonds. The predicted octanol–water partition coefficient (Wildman–Crippen LogP) is 3.43. The van der Waals surface area contributed by atoms with Crippen molar-refractivity contribution in [1.29, 1.82) is 0 Å². The van der Waals surface area contributed by atoms with Crippen LogP contribution in [0.15, 0.2) is 53.3 Å². The van der Waals surface area contributed by atoms with Crippen LogP contribution in [0.25, 0.3) is 22.4 Å². The van der Waals surface area contributed by atoms with Crippen molar-refractivity contribution < 1.29 is 4.42 Å². The second kappa shape index (κ2) is 6.59. The first-order valence-corrected chi connectivity index (χ1v) is 8.53. The summed E-state index contributed by atoms with van der Waals surface area (Å²) < 4.78 is 7.90. The molecule has 0 N–H and O–H groups in total. The molecule has 26 heavy (non-hydrogen) atoms. The van der Waals surface area contributed by atoms with Crippen LogP contribution in [0.3, 0.4) is 0 Å². The highest BCUT2D eigenvalue weighted by molar-refractivity contribution is 5.82. The van der Waals surface area contributed by atoms with Crippen LogP contribution in [0.2, 0.25) is 0 Å². The molecule has 0 aliphatic carbocycles. The maximum absolute atomic E-state index is 5.91. The van der Waals surface area contributed by atoms with E-state index >= 15 is 0 Å². The van der Waals surface area contributed by atoms with E-state index in [0.717, 1.165) is 16.8 Å². The standard InChI is InChI=1S/C19H20N6O/c1-13(2)25(12-18-20-8-9-24(18)3)19-22-15(11-21-23-19)17-10-14-6-4-5-7-16(14)26-17/h4-11,13H,12H2,1-3H3. The van der Waals surface area contributed by atoms with Gasteiger partial charge in [-0.15, -0.1) is 5.10 Å². The van der Waals surface area contributed by atoms with Crippen LogP contribution in [-0.2, 0) is 13.6 Å². The third-order valence-corrected chi connectivity index (χ3v) is 4.34. The molecule has 0 aliphatic heterocycles. The lowest BCUT2D eigenvalue weighted by atomic mass is 10.2. The Morgan fingerprint density at radius 1 is 1.23 bits per heavy atom. The highest BCUT2D eigenvalue weighted by atomic mass is 16.3. The lowest BCUT2D eigenvalue weighted by Gasteiger charge is -2.25. The van der Waals surface area contributed by atoms with Gasteiger partial charge in [-0.05, 0) is 26.0 Å². The smallest absolute Gasteiger partial charge is 0.246 e. The topological polar surface area (TPSA) is 72.9 Å². The van der Waals surface area contributed by atoms with Crippen LogP contribution in [-0.4, -0.2) is 30.8 Å². The third kappa shape index (κ3) is 3.03. The first-order chi connectivity index (χ1) is 12.6. The number of fused-ring (bicyclic) bond motifs is 1. The van der Waals surface area contributed by atoms with E-state index in [0.29, 0.717) is 23.9 Å². The average Bonchev–Trinajstić information content (AvgIpc) is 3.25. The highest BCUT2D eigenvalue weighted by Crippen LogP contribution is 2.27. The fourth-order valence-electron chi connectivity index (χ4n) is 2.83. The summed E-state index contributed by atoms with van der Waals surface area (Å²) in [6, 6.07) is 10.1. The number of aryl methyl sites for hydroxylation is 1. The fraction of sp³-hybridized carbons (Fsp3) is 0.263. The van der Waals surface area contributed by atoms with E-state index in [2.05, 4.69) is 33.9 Å². The molecule has 3 heterocycles. The monoisotopic (exact) mass is 348 g/mol. The van der Waals surface area contributed by atoms with Crippen molar-refractivity contribution in [2.45, 2.75) is 26.4 Å². The zero-order valence-electron chi connectivity index (χ0n) is 15.0. The number of imidazole rings is 1.